The summed E-state index contributed by atoms with van der Waals surface area (Å²) in [6, 6.07) is 0. The topological polar surface area (TPSA) is 37.3 Å². The van der Waals surface area contributed by atoms with Gasteiger partial charge in [-0.05, 0) is 12.8 Å². The molecule has 0 amide bonds. The second-order valence-corrected chi connectivity index (χ2v) is 3.32. The number of aliphatic carboxylic acids is 1. The van der Waals surface area contributed by atoms with E-state index in [1.807, 2.05) is 0 Å². The van der Waals surface area contributed by atoms with Crippen molar-refractivity contribution in [2.75, 3.05) is 0 Å². The third kappa shape index (κ3) is 8.54. The summed E-state index contributed by atoms with van der Waals surface area (Å²) in [5, 5.41) is 8.83. The molecule has 83 valence electrons. The zero-order valence-electron chi connectivity index (χ0n) is 8.48. The predicted molar refractivity (Wildman–Crippen MR) is 50.2 cm³/mol. The first-order chi connectivity index (χ1) is 5.72. The minimum Gasteiger partial charge on any atom is -0.481 e. The molecule has 0 aromatic rings. The Bertz CT molecular complexity index is 118. The van der Waals surface area contributed by atoms with Gasteiger partial charge in [0, 0.05) is 22.4 Å². The van der Waals surface area contributed by atoms with Crippen LogP contribution in [0.4, 0.5) is 0 Å². The minimum absolute atomic E-state index is 0. The molecule has 0 aliphatic carbocycles. The van der Waals surface area contributed by atoms with Crippen molar-refractivity contribution in [1.82, 2.24) is 0 Å². The summed E-state index contributed by atoms with van der Waals surface area (Å²) in [6.07, 6.45) is 5.98. The van der Waals surface area contributed by atoms with Crippen molar-refractivity contribution in [3.8, 4) is 0 Å². The number of carbonyl (C=O) groups is 1. The zero-order valence-corrected chi connectivity index (χ0v) is 9.96. The van der Waals surface area contributed by atoms with Gasteiger partial charge in [0.2, 0.25) is 0 Å². The molecule has 0 unspecified atom stereocenters. The van der Waals surface area contributed by atoms with Crippen molar-refractivity contribution in [2.45, 2.75) is 52.4 Å². The Hall–Kier alpha value is 0.210. The summed E-state index contributed by atoms with van der Waals surface area (Å²) in [6.45, 7) is 4.19. The van der Waals surface area contributed by atoms with Crippen molar-refractivity contribution in [2.24, 2.45) is 5.92 Å². The van der Waals surface area contributed by atoms with E-state index in [4.69, 9.17) is 5.11 Å². The fraction of sp³-hybridized carbons (Fsp3) is 0.900. The van der Waals surface area contributed by atoms with Gasteiger partial charge in [-0.2, -0.15) is 0 Å². The second kappa shape index (κ2) is 10.3. The molecule has 0 atom stereocenters. The molecule has 1 N–H and O–H groups in total. The number of carboxylic acids is 1. The molecular weight excluding hydrogens is 260 g/mol. The van der Waals surface area contributed by atoms with Crippen LogP contribution in [0, 0.1) is 5.92 Å². The molecule has 0 aromatic heterocycles. The summed E-state index contributed by atoms with van der Waals surface area (Å²) >= 11 is 0. The summed E-state index contributed by atoms with van der Waals surface area (Å²) < 4.78 is 0. The fourth-order valence-corrected chi connectivity index (χ4v) is 1.29. The van der Waals surface area contributed by atoms with Crippen LogP contribution in [-0.2, 0) is 27.2 Å². The maximum Gasteiger partial charge on any atom is 0.306 e. The van der Waals surface area contributed by atoms with Gasteiger partial charge < -0.3 is 5.11 Å². The molecule has 0 fully saturated rings. The first-order valence-corrected chi connectivity index (χ1v) is 4.95. The van der Waals surface area contributed by atoms with E-state index in [0.29, 0.717) is 0 Å². The standard InChI is InChI=1S/C10H20O2.Ag/c1-3-5-7-9(10(11)12)8-6-4-2;/h9H,3-8H2,1-2H3,(H,11,12);. The first kappa shape index (κ1) is 15.7. The average molecular weight is 280 g/mol. The molecule has 0 saturated heterocycles. The van der Waals surface area contributed by atoms with Gasteiger partial charge in [0.15, 0.2) is 0 Å². The molecular formula is C10H20AgO2. The monoisotopic (exact) mass is 279 g/mol. The van der Waals surface area contributed by atoms with Crippen LogP contribution in [-0.4, -0.2) is 11.1 Å². The van der Waals surface area contributed by atoms with Crippen LogP contribution in [0.1, 0.15) is 52.4 Å². The minimum atomic E-state index is -0.614. The average Bonchev–Trinajstić information content (AvgIpc) is 2.04. The van der Waals surface area contributed by atoms with Gasteiger partial charge in [-0.3, -0.25) is 4.79 Å². The Morgan fingerprint density at radius 2 is 1.54 bits per heavy atom. The fourth-order valence-electron chi connectivity index (χ4n) is 1.29. The molecule has 1 radical (unpaired) electrons. The summed E-state index contributed by atoms with van der Waals surface area (Å²) in [7, 11) is 0. The molecule has 3 heteroatoms. The van der Waals surface area contributed by atoms with Crippen molar-refractivity contribution in [3.05, 3.63) is 0 Å². The second-order valence-electron chi connectivity index (χ2n) is 3.32. The Balaban J connectivity index is 0. The number of rotatable bonds is 7. The van der Waals surface area contributed by atoms with Gasteiger partial charge in [0.05, 0.1) is 5.92 Å². The number of unbranched alkanes of at least 4 members (excludes halogenated alkanes) is 2. The van der Waals surface area contributed by atoms with Crippen molar-refractivity contribution >= 4 is 5.97 Å². The van der Waals surface area contributed by atoms with Crippen LogP contribution in [0.2, 0.25) is 0 Å². The molecule has 0 saturated carbocycles. The van der Waals surface area contributed by atoms with Gasteiger partial charge in [-0.25, -0.2) is 0 Å². The molecule has 0 aliphatic rings. The van der Waals surface area contributed by atoms with Crippen LogP contribution in [0.15, 0.2) is 0 Å². The van der Waals surface area contributed by atoms with Gasteiger partial charge >= 0.3 is 5.97 Å². The molecule has 0 aliphatic heterocycles. The zero-order chi connectivity index (χ0) is 9.40. The van der Waals surface area contributed by atoms with E-state index in [2.05, 4.69) is 13.8 Å². The van der Waals surface area contributed by atoms with Crippen LogP contribution in [0.5, 0.6) is 0 Å². The summed E-state index contributed by atoms with van der Waals surface area (Å²) in [5.41, 5.74) is 0. The molecule has 2 nitrogen and oxygen atoms in total. The Labute approximate surface area is 96.6 Å². The Morgan fingerprint density at radius 1 is 1.15 bits per heavy atom. The van der Waals surface area contributed by atoms with E-state index in [1.54, 1.807) is 0 Å². The van der Waals surface area contributed by atoms with Crippen molar-refractivity contribution in [1.29, 1.82) is 0 Å². The summed E-state index contributed by atoms with van der Waals surface area (Å²) in [5.74, 6) is -0.707. The van der Waals surface area contributed by atoms with Gasteiger partial charge in [-0.15, -0.1) is 0 Å². The van der Waals surface area contributed by atoms with Crippen molar-refractivity contribution < 1.29 is 32.3 Å². The van der Waals surface area contributed by atoms with E-state index in [9.17, 15) is 4.79 Å². The van der Waals surface area contributed by atoms with Crippen LogP contribution >= 0.6 is 0 Å². The third-order valence-corrected chi connectivity index (χ3v) is 2.16. The Morgan fingerprint density at radius 3 is 1.77 bits per heavy atom. The number of carboxylic acid groups (broad SMARTS) is 1. The number of hydrogen-bond donors (Lipinski definition) is 1. The van der Waals surface area contributed by atoms with E-state index in [1.165, 1.54) is 0 Å². The predicted octanol–water partition coefficient (Wildman–Crippen LogP) is 3.07. The molecule has 0 rings (SSSR count). The van der Waals surface area contributed by atoms with E-state index in [0.717, 1.165) is 38.5 Å². The van der Waals surface area contributed by atoms with Crippen LogP contribution < -0.4 is 0 Å². The smallest absolute Gasteiger partial charge is 0.306 e. The molecule has 0 aromatic carbocycles. The maximum absolute atomic E-state index is 10.7. The largest absolute Gasteiger partial charge is 0.481 e. The van der Waals surface area contributed by atoms with Crippen LogP contribution in [0.3, 0.4) is 0 Å². The van der Waals surface area contributed by atoms with Crippen molar-refractivity contribution in [3.63, 3.8) is 0 Å². The normalized spacial score (nSPS) is 9.77. The molecule has 13 heavy (non-hydrogen) atoms. The summed E-state index contributed by atoms with van der Waals surface area (Å²) in [4.78, 5) is 10.7. The van der Waals surface area contributed by atoms with Crippen LogP contribution in [0.25, 0.3) is 0 Å². The molecule has 0 heterocycles. The van der Waals surface area contributed by atoms with Gasteiger partial charge in [-0.1, -0.05) is 39.5 Å². The maximum atomic E-state index is 10.7. The first-order valence-electron chi connectivity index (χ1n) is 4.95. The van der Waals surface area contributed by atoms with E-state index >= 15 is 0 Å². The SMILES string of the molecule is CCCCC(CCCC)C(=O)O.[Ag]. The Kier molecular flexibility index (Phi) is 12.4. The third-order valence-electron chi connectivity index (χ3n) is 2.16. The van der Waals surface area contributed by atoms with Gasteiger partial charge in [0.25, 0.3) is 0 Å². The van der Waals surface area contributed by atoms with E-state index < -0.39 is 5.97 Å². The van der Waals surface area contributed by atoms with Gasteiger partial charge in [0.1, 0.15) is 0 Å². The molecule has 0 bridgehead atoms. The quantitative estimate of drug-likeness (QED) is 0.728. The number of hydrogen-bond acceptors (Lipinski definition) is 1. The van der Waals surface area contributed by atoms with E-state index in [-0.39, 0.29) is 28.3 Å². The molecule has 0 spiro atoms.